The highest BCUT2D eigenvalue weighted by Gasteiger charge is 2.59. The second-order valence-electron chi connectivity index (χ2n) is 20.9. The molecule has 6 nitrogen and oxygen atoms in total. The monoisotopic (exact) mass is 1010 g/mol. The SMILES string of the molecule is C1=C(N(c2ccccc2)c2cccc3c2oc2ccccc23)c2c(oc3ccccc23)C2c3c(cc(N(c4ccccc4)c4cccc5c4oc4ccccc45)c4c3oc3ccccc34)C(c3ccccc3)(c3ccccc3)C12. The number of hydrogen-bond donors (Lipinski definition) is 0. The van der Waals surface area contributed by atoms with E-state index < -0.39 is 5.41 Å². The minimum atomic E-state index is -0.839. The van der Waals surface area contributed by atoms with Crippen LogP contribution in [0.5, 0.6) is 0 Å². The minimum Gasteiger partial charge on any atom is -0.460 e. The third kappa shape index (κ3) is 6.17. The maximum Gasteiger partial charge on any atom is 0.159 e. The number of benzene rings is 11. The van der Waals surface area contributed by atoms with Crippen LogP contribution in [0.15, 0.2) is 285 Å². The normalized spacial score (nSPS) is 15.5. The van der Waals surface area contributed by atoms with Crippen molar-refractivity contribution in [1.29, 1.82) is 0 Å². The number of para-hydroxylation sites is 8. The first-order chi connectivity index (χ1) is 39.2. The number of nitrogens with zero attached hydrogens (tertiary/aromatic N) is 2. The molecule has 0 fully saturated rings. The van der Waals surface area contributed by atoms with Crippen LogP contribution in [0.1, 0.15) is 39.5 Å². The highest BCUT2D eigenvalue weighted by Crippen LogP contribution is 2.67. The quantitative estimate of drug-likeness (QED) is 0.151. The van der Waals surface area contributed by atoms with Crippen LogP contribution in [-0.4, -0.2) is 0 Å². The van der Waals surface area contributed by atoms with Crippen molar-refractivity contribution >= 4 is 111 Å². The maximum absolute atomic E-state index is 7.57. The highest BCUT2D eigenvalue weighted by atomic mass is 16.3. The summed E-state index contributed by atoms with van der Waals surface area (Å²) in [5, 5.41) is 7.31. The van der Waals surface area contributed by atoms with E-state index in [1.807, 2.05) is 12.1 Å². The van der Waals surface area contributed by atoms with E-state index in [0.29, 0.717) is 0 Å². The molecule has 0 saturated carbocycles. The molecule has 4 aromatic heterocycles. The van der Waals surface area contributed by atoms with Crippen LogP contribution in [0.4, 0.5) is 28.4 Å². The van der Waals surface area contributed by atoms with Crippen molar-refractivity contribution in [3.05, 3.63) is 301 Å². The predicted molar refractivity (Wildman–Crippen MR) is 320 cm³/mol. The summed E-state index contributed by atoms with van der Waals surface area (Å²) < 4.78 is 29.1. The fraction of sp³-hybridized carbons (Fsp3) is 0.0411. The summed E-state index contributed by atoms with van der Waals surface area (Å²) in [6, 6.07) is 92.9. The molecule has 4 heterocycles. The molecule has 15 aromatic rings. The summed E-state index contributed by atoms with van der Waals surface area (Å²) >= 11 is 0. The third-order valence-corrected chi connectivity index (χ3v) is 17.0. The van der Waals surface area contributed by atoms with Gasteiger partial charge in [-0.3, -0.25) is 0 Å². The van der Waals surface area contributed by atoms with E-state index in [-0.39, 0.29) is 11.8 Å². The molecule has 0 radical (unpaired) electrons. The van der Waals surface area contributed by atoms with Crippen molar-refractivity contribution in [2.75, 3.05) is 9.80 Å². The van der Waals surface area contributed by atoms with Crippen molar-refractivity contribution < 1.29 is 17.7 Å². The fourth-order valence-corrected chi connectivity index (χ4v) is 13.9. The highest BCUT2D eigenvalue weighted by molar-refractivity contribution is 6.18. The van der Waals surface area contributed by atoms with E-state index in [4.69, 9.17) is 17.7 Å². The van der Waals surface area contributed by atoms with Crippen LogP contribution >= 0.6 is 0 Å². The van der Waals surface area contributed by atoms with Gasteiger partial charge in [-0.1, -0.05) is 200 Å². The lowest BCUT2D eigenvalue weighted by molar-refractivity contribution is 0.401. The van der Waals surface area contributed by atoms with Gasteiger partial charge in [0.15, 0.2) is 11.2 Å². The Kier molecular flexibility index (Phi) is 9.36. The van der Waals surface area contributed by atoms with Crippen molar-refractivity contribution in [1.82, 2.24) is 0 Å². The lowest BCUT2D eigenvalue weighted by atomic mass is 9.62. The summed E-state index contributed by atoms with van der Waals surface area (Å²) in [7, 11) is 0. The van der Waals surface area contributed by atoms with Crippen LogP contribution in [0.2, 0.25) is 0 Å². The molecule has 2 atom stereocenters. The summed E-state index contributed by atoms with van der Waals surface area (Å²) in [4.78, 5) is 4.82. The number of anilines is 5. The van der Waals surface area contributed by atoms with Gasteiger partial charge < -0.3 is 27.5 Å². The van der Waals surface area contributed by atoms with Crippen molar-refractivity contribution in [3.63, 3.8) is 0 Å². The number of rotatable bonds is 8. The van der Waals surface area contributed by atoms with Gasteiger partial charge in [-0.2, -0.15) is 0 Å². The molecular formula is C73H46N2O4. The molecule has 0 saturated heterocycles. The van der Waals surface area contributed by atoms with Crippen molar-refractivity contribution in [2.24, 2.45) is 5.92 Å². The molecule has 6 heteroatoms. The lowest BCUT2D eigenvalue weighted by Crippen LogP contribution is -2.37. The average Bonchev–Trinajstić information content (AvgIpc) is 3.25. The standard InChI is InChI=1S/C73H46N2O4/c1-5-23-45(24-6-1)73(46-25-7-2-8-26-46)55-43-59(74(47-27-9-3-10-28-47)57-37-21-35-51-49-31-13-17-39-61(49)76-69(51)57)65-53-33-15-19-41-63(53)78-71(65)67(55)68-56(73)44-60(66-54-34-16-20-42-64(54)79-72(66)68)75(48-29-11-4-12-30-48)58-38-22-36-52-50-32-14-18-40-62(50)77-70(52)58/h1-44,55,67H. The Morgan fingerprint density at radius 1 is 0.342 bits per heavy atom. The van der Waals surface area contributed by atoms with E-state index in [9.17, 15) is 0 Å². The van der Waals surface area contributed by atoms with Gasteiger partial charge in [0.1, 0.15) is 33.7 Å². The zero-order valence-electron chi connectivity index (χ0n) is 42.6. The Morgan fingerprint density at radius 2 is 0.772 bits per heavy atom. The van der Waals surface area contributed by atoms with Crippen LogP contribution in [0.3, 0.4) is 0 Å². The van der Waals surface area contributed by atoms with Crippen LogP contribution in [-0.2, 0) is 5.41 Å². The second-order valence-corrected chi connectivity index (χ2v) is 20.9. The van der Waals surface area contributed by atoms with Gasteiger partial charge in [0, 0.05) is 60.7 Å². The fourth-order valence-electron chi connectivity index (χ4n) is 13.9. The Balaban J connectivity index is 1.04. The Hall–Kier alpha value is -10.3. The predicted octanol–water partition coefficient (Wildman–Crippen LogP) is 19.9. The molecule has 2 aliphatic carbocycles. The molecule has 17 rings (SSSR count). The first-order valence-electron chi connectivity index (χ1n) is 27.1. The van der Waals surface area contributed by atoms with Gasteiger partial charge in [-0.25, -0.2) is 0 Å². The zero-order chi connectivity index (χ0) is 51.8. The van der Waals surface area contributed by atoms with Crippen LogP contribution in [0, 0.1) is 5.92 Å². The number of hydrogen-bond acceptors (Lipinski definition) is 6. The molecular weight excluding hydrogens is 969 g/mol. The first kappa shape index (κ1) is 43.9. The van der Waals surface area contributed by atoms with E-state index in [1.165, 1.54) is 0 Å². The molecule has 11 aromatic carbocycles. The summed E-state index contributed by atoms with van der Waals surface area (Å²) in [5.41, 5.74) is 16.3. The van der Waals surface area contributed by atoms with E-state index in [1.54, 1.807) is 0 Å². The van der Waals surface area contributed by atoms with Crippen molar-refractivity contribution in [2.45, 2.75) is 11.3 Å². The molecule has 0 amide bonds. The zero-order valence-corrected chi connectivity index (χ0v) is 42.6. The minimum absolute atomic E-state index is 0.285. The molecule has 372 valence electrons. The molecule has 0 spiro atoms. The summed E-state index contributed by atoms with van der Waals surface area (Å²) in [6.45, 7) is 0. The van der Waals surface area contributed by atoms with E-state index in [0.717, 1.165) is 144 Å². The van der Waals surface area contributed by atoms with Crippen molar-refractivity contribution in [3.8, 4) is 0 Å². The van der Waals surface area contributed by atoms with E-state index in [2.05, 4.69) is 265 Å². The second kappa shape index (κ2) is 16.8. The molecule has 0 bridgehead atoms. The molecule has 0 aliphatic heterocycles. The topological polar surface area (TPSA) is 59.0 Å². The van der Waals surface area contributed by atoms with Gasteiger partial charge in [0.2, 0.25) is 0 Å². The van der Waals surface area contributed by atoms with Gasteiger partial charge >= 0.3 is 0 Å². The first-order valence-corrected chi connectivity index (χ1v) is 27.1. The summed E-state index contributed by atoms with van der Waals surface area (Å²) in [6.07, 6.45) is 2.57. The Labute approximate surface area is 453 Å². The molecule has 2 unspecified atom stereocenters. The average molecular weight is 1020 g/mol. The molecule has 0 N–H and O–H groups in total. The largest absolute Gasteiger partial charge is 0.460 e. The van der Waals surface area contributed by atoms with Gasteiger partial charge in [0.25, 0.3) is 0 Å². The number of furan rings is 4. The smallest absolute Gasteiger partial charge is 0.159 e. The maximum atomic E-state index is 7.57. The van der Waals surface area contributed by atoms with Gasteiger partial charge in [0.05, 0.1) is 39.5 Å². The van der Waals surface area contributed by atoms with Crippen LogP contribution < -0.4 is 9.80 Å². The molecule has 2 aliphatic rings. The number of fused-ring (bicyclic) bond motifs is 17. The molecule has 79 heavy (non-hydrogen) atoms. The van der Waals surface area contributed by atoms with E-state index >= 15 is 0 Å². The van der Waals surface area contributed by atoms with Crippen LogP contribution in [0.25, 0.3) is 82.5 Å². The van der Waals surface area contributed by atoms with Gasteiger partial charge in [-0.05, 0) is 83.4 Å². The number of allylic oxidation sites excluding steroid dienone is 1. The Morgan fingerprint density at radius 3 is 1.34 bits per heavy atom. The summed E-state index contributed by atoms with van der Waals surface area (Å²) in [5.74, 6) is 0.271. The van der Waals surface area contributed by atoms with Gasteiger partial charge in [-0.15, -0.1) is 0 Å². The lowest BCUT2D eigenvalue weighted by Gasteiger charge is -2.41. The third-order valence-electron chi connectivity index (χ3n) is 17.0. The Bertz CT molecular complexity index is 4890.